The van der Waals surface area contributed by atoms with Crippen molar-refractivity contribution >= 4 is 11.8 Å². The maximum Gasteiger partial charge on any atom is 0.311 e. The van der Waals surface area contributed by atoms with E-state index in [0.29, 0.717) is 13.0 Å². The first-order chi connectivity index (χ1) is 8.98. The quantitative estimate of drug-likeness (QED) is 0.905. The molecule has 0 bridgehead atoms. The average Bonchev–Trinajstić information content (AvgIpc) is 2.41. The highest BCUT2D eigenvalue weighted by Crippen LogP contribution is 2.35. The fraction of sp³-hybridized carbons (Fsp3) is 0.643. The van der Waals surface area contributed by atoms with E-state index in [0.717, 1.165) is 36.6 Å². The smallest absolute Gasteiger partial charge is 0.311 e. The van der Waals surface area contributed by atoms with Crippen LogP contribution >= 0.6 is 0 Å². The summed E-state index contributed by atoms with van der Waals surface area (Å²) in [6, 6.07) is 0. The maximum absolute atomic E-state index is 11.6. The number of aliphatic carboxylic acids is 1. The van der Waals surface area contributed by atoms with Gasteiger partial charge in [-0.3, -0.25) is 9.78 Å². The second-order valence-corrected chi connectivity index (χ2v) is 5.38. The molecule has 5 nitrogen and oxygen atoms in total. The number of carbonyl (C=O) groups is 1. The molecule has 5 heteroatoms. The molecule has 1 aromatic heterocycles. The van der Waals surface area contributed by atoms with Crippen molar-refractivity contribution in [3.8, 4) is 0 Å². The van der Waals surface area contributed by atoms with Crippen molar-refractivity contribution in [2.24, 2.45) is 5.41 Å². The van der Waals surface area contributed by atoms with Crippen molar-refractivity contribution < 1.29 is 9.90 Å². The third kappa shape index (κ3) is 2.55. The molecular weight excluding hydrogens is 242 g/mol. The van der Waals surface area contributed by atoms with Crippen molar-refractivity contribution in [3.05, 3.63) is 17.6 Å². The van der Waals surface area contributed by atoms with Crippen LogP contribution in [0.5, 0.6) is 0 Å². The minimum atomic E-state index is -0.696. The summed E-state index contributed by atoms with van der Waals surface area (Å²) in [4.78, 5) is 22.5. The standard InChI is InChI=1S/C14H21N3O2/c1-4-14(13(18)19)6-5-7-17(9-14)12-11(3)15-8-10(2)16-12/h8H,4-7,9H2,1-3H3,(H,18,19). The lowest BCUT2D eigenvalue weighted by molar-refractivity contribution is -0.149. The second-order valence-electron chi connectivity index (χ2n) is 5.38. The number of carboxylic acid groups (broad SMARTS) is 1. The van der Waals surface area contributed by atoms with Gasteiger partial charge in [-0.05, 0) is 33.1 Å². The Hall–Kier alpha value is -1.65. The molecule has 2 rings (SSSR count). The third-order valence-electron chi connectivity index (χ3n) is 4.06. The average molecular weight is 263 g/mol. The maximum atomic E-state index is 11.6. The van der Waals surface area contributed by atoms with Gasteiger partial charge in [0.15, 0.2) is 0 Å². The molecular formula is C14H21N3O2. The summed E-state index contributed by atoms with van der Waals surface area (Å²) in [6.07, 6.45) is 4.02. The second kappa shape index (κ2) is 5.15. The van der Waals surface area contributed by atoms with Gasteiger partial charge in [-0.25, -0.2) is 4.98 Å². The van der Waals surface area contributed by atoms with E-state index in [2.05, 4.69) is 14.9 Å². The molecule has 1 saturated heterocycles. The van der Waals surface area contributed by atoms with Crippen molar-refractivity contribution in [1.82, 2.24) is 9.97 Å². The van der Waals surface area contributed by atoms with Gasteiger partial charge in [-0.2, -0.15) is 0 Å². The molecule has 1 unspecified atom stereocenters. The van der Waals surface area contributed by atoms with E-state index in [1.54, 1.807) is 6.20 Å². The number of nitrogens with zero attached hydrogens (tertiary/aromatic N) is 3. The minimum Gasteiger partial charge on any atom is -0.481 e. The normalized spacial score (nSPS) is 23.4. The number of aryl methyl sites for hydroxylation is 2. The highest BCUT2D eigenvalue weighted by Gasteiger charge is 2.41. The first kappa shape index (κ1) is 13.8. The van der Waals surface area contributed by atoms with E-state index in [-0.39, 0.29) is 0 Å². The van der Waals surface area contributed by atoms with Crippen LogP contribution in [0.2, 0.25) is 0 Å². The molecule has 1 N–H and O–H groups in total. The van der Waals surface area contributed by atoms with Crippen LogP contribution < -0.4 is 4.90 Å². The topological polar surface area (TPSA) is 66.3 Å². The Labute approximate surface area is 113 Å². The third-order valence-corrected chi connectivity index (χ3v) is 4.06. The van der Waals surface area contributed by atoms with E-state index in [1.807, 2.05) is 20.8 Å². The molecule has 2 heterocycles. The Morgan fingerprint density at radius 3 is 2.89 bits per heavy atom. The van der Waals surface area contributed by atoms with Crippen LogP contribution in [0.3, 0.4) is 0 Å². The van der Waals surface area contributed by atoms with Gasteiger partial charge in [0.05, 0.1) is 16.8 Å². The van der Waals surface area contributed by atoms with E-state index >= 15 is 0 Å². The molecule has 0 amide bonds. The molecule has 1 aromatic rings. The lowest BCUT2D eigenvalue weighted by atomic mass is 9.77. The van der Waals surface area contributed by atoms with Crippen molar-refractivity contribution in [2.45, 2.75) is 40.0 Å². The molecule has 1 fully saturated rings. The number of aromatic nitrogens is 2. The molecule has 0 saturated carbocycles. The summed E-state index contributed by atoms with van der Waals surface area (Å²) >= 11 is 0. The molecule has 104 valence electrons. The van der Waals surface area contributed by atoms with Gasteiger partial charge in [0.2, 0.25) is 0 Å². The van der Waals surface area contributed by atoms with Crippen molar-refractivity contribution in [3.63, 3.8) is 0 Å². The first-order valence-electron chi connectivity index (χ1n) is 6.77. The van der Waals surface area contributed by atoms with Crippen LogP contribution in [0.15, 0.2) is 6.20 Å². The van der Waals surface area contributed by atoms with Crippen LogP contribution in [0, 0.1) is 19.3 Å². The zero-order valence-corrected chi connectivity index (χ0v) is 11.8. The number of hydrogen-bond donors (Lipinski definition) is 1. The SMILES string of the molecule is CCC1(C(=O)O)CCCN(c2nc(C)cnc2C)C1. The lowest BCUT2D eigenvalue weighted by Crippen LogP contribution is -2.48. The number of carboxylic acids is 1. The van der Waals surface area contributed by atoms with Gasteiger partial charge in [-0.1, -0.05) is 6.92 Å². The molecule has 1 aliphatic heterocycles. The van der Waals surface area contributed by atoms with Crippen molar-refractivity contribution in [1.29, 1.82) is 0 Å². The predicted octanol–water partition coefficient (Wildman–Crippen LogP) is 2.17. The van der Waals surface area contributed by atoms with Gasteiger partial charge in [0.25, 0.3) is 0 Å². The fourth-order valence-corrected chi connectivity index (χ4v) is 2.75. The fourth-order valence-electron chi connectivity index (χ4n) is 2.75. The number of hydrogen-bond acceptors (Lipinski definition) is 4. The monoisotopic (exact) mass is 263 g/mol. The van der Waals surface area contributed by atoms with E-state index in [4.69, 9.17) is 0 Å². The summed E-state index contributed by atoms with van der Waals surface area (Å²) in [7, 11) is 0. The lowest BCUT2D eigenvalue weighted by Gasteiger charge is -2.40. The van der Waals surface area contributed by atoms with Gasteiger partial charge >= 0.3 is 5.97 Å². The van der Waals surface area contributed by atoms with Gasteiger partial charge in [-0.15, -0.1) is 0 Å². The molecule has 0 radical (unpaired) electrons. The van der Waals surface area contributed by atoms with E-state index in [1.165, 1.54) is 0 Å². The van der Waals surface area contributed by atoms with E-state index < -0.39 is 11.4 Å². The van der Waals surface area contributed by atoms with Gasteiger partial charge in [0.1, 0.15) is 5.82 Å². The summed E-state index contributed by atoms with van der Waals surface area (Å²) in [6.45, 7) is 7.16. The Bertz CT molecular complexity index is 490. The van der Waals surface area contributed by atoms with E-state index in [9.17, 15) is 9.90 Å². The minimum absolute atomic E-state index is 0.526. The predicted molar refractivity (Wildman–Crippen MR) is 73.3 cm³/mol. The molecule has 19 heavy (non-hydrogen) atoms. The Kier molecular flexibility index (Phi) is 3.73. The largest absolute Gasteiger partial charge is 0.481 e. The number of rotatable bonds is 3. The Morgan fingerprint density at radius 2 is 2.26 bits per heavy atom. The summed E-state index contributed by atoms with van der Waals surface area (Å²) in [5, 5.41) is 9.51. The summed E-state index contributed by atoms with van der Waals surface area (Å²) < 4.78 is 0. The molecule has 1 atom stereocenters. The Balaban J connectivity index is 2.31. The van der Waals surface area contributed by atoms with Crippen LogP contribution in [0.4, 0.5) is 5.82 Å². The van der Waals surface area contributed by atoms with Crippen molar-refractivity contribution in [2.75, 3.05) is 18.0 Å². The molecule has 1 aliphatic rings. The summed E-state index contributed by atoms with van der Waals surface area (Å²) in [5.74, 6) is 0.136. The van der Waals surface area contributed by atoms with Crippen LogP contribution in [0.1, 0.15) is 37.6 Å². The van der Waals surface area contributed by atoms with Crippen LogP contribution in [-0.4, -0.2) is 34.1 Å². The Morgan fingerprint density at radius 1 is 1.53 bits per heavy atom. The number of anilines is 1. The molecule has 0 aromatic carbocycles. The highest BCUT2D eigenvalue weighted by atomic mass is 16.4. The first-order valence-corrected chi connectivity index (χ1v) is 6.77. The van der Waals surface area contributed by atoms with Crippen LogP contribution in [0.25, 0.3) is 0 Å². The van der Waals surface area contributed by atoms with Gasteiger partial charge in [0, 0.05) is 19.3 Å². The zero-order chi connectivity index (χ0) is 14.0. The van der Waals surface area contributed by atoms with Crippen LogP contribution in [-0.2, 0) is 4.79 Å². The summed E-state index contributed by atoms with van der Waals surface area (Å²) in [5.41, 5.74) is 1.09. The van der Waals surface area contributed by atoms with Gasteiger partial charge < -0.3 is 10.0 Å². The zero-order valence-electron chi connectivity index (χ0n) is 11.8. The molecule has 0 aliphatic carbocycles. The number of piperidine rings is 1. The molecule has 0 spiro atoms. The highest BCUT2D eigenvalue weighted by molar-refractivity contribution is 5.76.